The van der Waals surface area contributed by atoms with E-state index < -0.39 is 0 Å². The predicted molar refractivity (Wildman–Crippen MR) is 85.0 cm³/mol. The zero-order chi connectivity index (χ0) is 13.8. The van der Waals surface area contributed by atoms with E-state index in [0.29, 0.717) is 6.04 Å². The summed E-state index contributed by atoms with van der Waals surface area (Å²) in [7, 11) is 2.24. The molecule has 2 nitrogen and oxygen atoms in total. The number of aryl methyl sites for hydroxylation is 1. The number of likely N-dealkylation sites (tertiary alicyclic amines) is 1. The van der Waals surface area contributed by atoms with Crippen molar-refractivity contribution >= 4 is 0 Å². The number of piperidine rings is 1. The second kappa shape index (κ2) is 6.73. The lowest BCUT2D eigenvalue weighted by molar-refractivity contribution is 0.212. The number of hydrogen-bond acceptors (Lipinski definition) is 2. The molecule has 1 atom stereocenters. The fraction of sp³-hybridized carbons (Fsp3) is 0.667. The highest BCUT2D eigenvalue weighted by Crippen LogP contribution is 2.29. The maximum Gasteiger partial charge on any atom is 0.0323 e. The second-order valence-electron chi connectivity index (χ2n) is 6.65. The minimum absolute atomic E-state index is 0.591. The molecule has 1 aliphatic carbocycles. The molecule has 0 saturated carbocycles. The van der Waals surface area contributed by atoms with Gasteiger partial charge < -0.3 is 10.2 Å². The third kappa shape index (κ3) is 3.42. The molecule has 1 N–H and O–H groups in total. The third-order valence-electron chi connectivity index (χ3n) is 5.11. The average Bonchev–Trinajstić information content (AvgIpc) is 2.69. The standard InChI is InChI=1S/C18H28N2/c1-20-12-10-15(11-13-20)14-19-18-9-5-3-7-16-6-2-4-8-17(16)18/h2,4,6,8,15,18-19H,3,5,7,9-14H2,1H3. The van der Waals surface area contributed by atoms with Gasteiger partial charge in [-0.05, 0) is 75.8 Å². The average molecular weight is 272 g/mol. The van der Waals surface area contributed by atoms with Gasteiger partial charge in [0.1, 0.15) is 0 Å². The summed E-state index contributed by atoms with van der Waals surface area (Å²) in [5.41, 5.74) is 3.14. The number of nitrogens with zero attached hydrogens (tertiary/aromatic N) is 1. The van der Waals surface area contributed by atoms with E-state index in [1.54, 1.807) is 11.1 Å². The van der Waals surface area contributed by atoms with E-state index in [-0.39, 0.29) is 0 Å². The van der Waals surface area contributed by atoms with Gasteiger partial charge in [0.2, 0.25) is 0 Å². The second-order valence-corrected chi connectivity index (χ2v) is 6.65. The van der Waals surface area contributed by atoms with Crippen molar-refractivity contribution in [3.63, 3.8) is 0 Å². The molecular weight excluding hydrogens is 244 g/mol. The van der Waals surface area contributed by atoms with Gasteiger partial charge in [0.25, 0.3) is 0 Å². The molecule has 1 heterocycles. The van der Waals surface area contributed by atoms with Crippen molar-refractivity contribution in [1.29, 1.82) is 0 Å². The molecule has 0 aromatic heterocycles. The summed E-state index contributed by atoms with van der Waals surface area (Å²) < 4.78 is 0. The Bertz CT molecular complexity index is 421. The van der Waals surface area contributed by atoms with Gasteiger partial charge in [0, 0.05) is 6.04 Å². The molecule has 110 valence electrons. The topological polar surface area (TPSA) is 15.3 Å². The van der Waals surface area contributed by atoms with Crippen LogP contribution in [0.2, 0.25) is 0 Å². The van der Waals surface area contributed by atoms with Gasteiger partial charge in [-0.25, -0.2) is 0 Å². The summed E-state index contributed by atoms with van der Waals surface area (Å²) in [6.45, 7) is 3.74. The van der Waals surface area contributed by atoms with Crippen LogP contribution in [0.4, 0.5) is 0 Å². The first-order chi connectivity index (χ1) is 9.83. The lowest BCUT2D eigenvalue weighted by atomic mass is 9.95. The van der Waals surface area contributed by atoms with Crippen molar-refractivity contribution in [3.05, 3.63) is 35.4 Å². The fourth-order valence-corrected chi connectivity index (χ4v) is 3.71. The normalized spacial score (nSPS) is 25.1. The first-order valence-corrected chi connectivity index (χ1v) is 8.32. The molecule has 2 aliphatic rings. The van der Waals surface area contributed by atoms with Gasteiger partial charge in [0.05, 0.1) is 0 Å². The molecule has 1 saturated heterocycles. The molecule has 0 radical (unpaired) electrons. The van der Waals surface area contributed by atoms with Crippen LogP contribution >= 0.6 is 0 Å². The highest BCUT2D eigenvalue weighted by molar-refractivity contribution is 5.31. The van der Waals surface area contributed by atoms with Crippen molar-refractivity contribution in [2.24, 2.45) is 5.92 Å². The minimum atomic E-state index is 0.591. The first kappa shape index (κ1) is 14.1. The van der Waals surface area contributed by atoms with E-state index in [1.807, 2.05) is 0 Å². The largest absolute Gasteiger partial charge is 0.310 e. The van der Waals surface area contributed by atoms with E-state index in [4.69, 9.17) is 0 Å². The van der Waals surface area contributed by atoms with Crippen LogP contribution in [0.1, 0.15) is 49.3 Å². The van der Waals surface area contributed by atoms with Crippen LogP contribution in [-0.4, -0.2) is 31.6 Å². The number of hydrogen-bond donors (Lipinski definition) is 1. The van der Waals surface area contributed by atoms with Crippen LogP contribution < -0.4 is 5.32 Å². The van der Waals surface area contributed by atoms with E-state index in [0.717, 1.165) is 5.92 Å². The lowest BCUT2D eigenvalue weighted by Gasteiger charge is -2.30. The van der Waals surface area contributed by atoms with Crippen LogP contribution in [0.15, 0.2) is 24.3 Å². The van der Waals surface area contributed by atoms with Gasteiger partial charge in [0.15, 0.2) is 0 Å². The number of fused-ring (bicyclic) bond motifs is 1. The molecule has 1 aliphatic heterocycles. The van der Waals surface area contributed by atoms with Gasteiger partial charge in [-0.15, -0.1) is 0 Å². The van der Waals surface area contributed by atoms with E-state index in [2.05, 4.69) is 41.5 Å². The molecular formula is C18H28N2. The zero-order valence-corrected chi connectivity index (χ0v) is 12.8. The number of benzene rings is 1. The summed E-state index contributed by atoms with van der Waals surface area (Å²) in [6.07, 6.45) is 8.01. The summed E-state index contributed by atoms with van der Waals surface area (Å²) in [4.78, 5) is 2.46. The molecule has 0 bridgehead atoms. The lowest BCUT2D eigenvalue weighted by Crippen LogP contribution is -2.36. The molecule has 1 aromatic rings. The van der Waals surface area contributed by atoms with Crippen LogP contribution in [0, 0.1) is 5.92 Å². The van der Waals surface area contributed by atoms with Gasteiger partial charge in [-0.1, -0.05) is 30.7 Å². The van der Waals surface area contributed by atoms with Gasteiger partial charge in [-0.3, -0.25) is 0 Å². The Hall–Kier alpha value is -0.860. The van der Waals surface area contributed by atoms with Crippen LogP contribution in [-0.2, 0) is 6.42 Å². The maximum absolute atomic E-state index is 3.88. The molecule has 0 spiro atoms. The molecule has 3 rings (SSSR count). The fourth-order valence-electron chi connectivity index (χ4n) is 3.71. The number of rotatable bonds is 3. The maximum atomic E-state index is 3.88. The molecule has 1 fully saturated rings. The molecule has 2 heteroatoms. The Morgan fingerprint density at radius 1 is 1.10 bits per heavy atom. The van der Waals surface area contributed by atoms with E-state index in [1.165, 1.54) is 58.2 Å². The molecule has 20 heavy (non-hydrogen) atoms. The van der Waals surface area contributed by atoms with E-state index in [9.17, 15) is 0 Å². The minimum Gasteiger partial charge on any atom is -0.310 e. The summed E-state index contributed by atoms with van der Waals surface area (Å²) >= 11 is 0. The highest BCUT2D eigenvalue weighted by atomic mass is 15.1. The van der Waals surface area contributed by atoms with Crippen molar-refractivity contribution in [2.45, 2.75) is 44.6 Å². The van der Waals surface area contributed by atoms with Gasteiger partial charge >= 0.3 is 0 Å². The Labute approximate surface area is 123 Å². The van der Waals surface area contributed by atoms with Crippen molar-refractivity contribution in [2.75, 3.05) is 26.7 Å². The Kier molecular flexibility index (Phi) is 4.74. The van der Waals surface area contributed by atoms with Crippen molar-refractivity contribution in [3.8, 4) is 0 Å². The van der Waals surface area contributed by atoms with Crippen LogP contribution in [0.5, 0.6) is 0 Å². The van der Waals surface area contributed by atoms with Crippen molar-refractivity contribution in [1.82, 2.24) is 10.2 Å². The zero-order valence-electron chi connectivity index (χ0n) is 12.8. The number of nitrogens with one attached hydrogen (secondary N) is 1. The summed E-state index contributed by atoms with van der Waals surface area (Å²) in [5, 5.41) is 3.88. The summed E-state index contributed by atoms with van der Waals surface area (Å²) in [6, 6.07) is 9.65. The first-order valence-electron chi connectivity index (χ1n) is 8.32. The van der Waals surface area contributed by atoms with Gasteiger partial charge in [-0.2, -0.15) is 0 Å². The molecule has 1 aromatic carbocycles. The Morgan fingerprint density at radius 3 is 2.75 bits per heavy atom. The van der Waals surface area contributed by atoms with Crippen LogP contribution in [0.3, 0.4) is 0 Å². The SMILES string of the molecule is CN1CCC(CNC2CCCCc3ccccc32)CC1. The quantitative estimate of drug-likeness (QED) is 0.849. The summed E-state index contributed by atoms with van der Waals surface area (Å²) in [5.74, 6) is 0.876. The Balaban J connectivity index is 1.59. The Morgan fingerprint density at radius 2 is 1.90 bits per heavy atom. The van der Waals surface area contributed by atoms with Crippen LogP contribution in [0.25, 0.3) is 0 Å². The molecule has 0 amide bonds. The monoisotopic (exact) mass is 272 g/mol. The predicted octanol–water partition coefficient (Wildman–Crippen LogP) is 3.39. The molecule has 1 unspecified atom stereocenters. The van der Waals surface area contributed by atoms with Crippen molar-refractivity contribution < 1.29 is 0 Å². The highest BCUT2D eigenvalue weighted by Gasteiger charge is 2.21. The van der Waals surface area contributed by atoms with E-state index >= 15 is 0 Å². The third-order valence-corrected chi connectivity index (χ3v) is 5.11. The smallest absolute Gasteiger partial charge is 0.0323 e.